The van der Waals surface area contributed by atoms with Crippen molar-refractivity contribution in [3.63, 3.8) is 0 Å². The Balaban J connectivity index is 2.50. The summed E-state index contributed by atoms with van der Waals surface area (Å²) < 4.78 is 1.49. The van der Waals surface area contributed by atoms with Crippen LogP contribution < -0.4 is 11.3 Å². The zero-order valence-corrected chi connectivity index (χ0v) is 9.76. The van der Waals surface area contributed by atoms with Gasteiger partial charge in [0, 0.05) is 18.2 Å². The molecule has 0 saturated carbocycles. The van der Waals surface area contributed by atoms with Gasteiger partial charge in [-0.2, -0.15) is 0 Å². The van der Waals surface area contributed by atoms with E-state index in [0.29, 0.717) is 12.2 Å². The van der Waals surface area contributed by atoms with E-state index >= 15 is 0 Å². The summed E-state index contributed by atoms with van der Waals surface area (Å²) in [4.78, 5) is 16.1. The van der Waals surface area contributed by atoms with Crippen LogP contribution in [-0.2, 0) is 6.54 Å². The maximum Gasteiger partial charge on any atom is 0.255 e. The minimum absolute atomic E-state index is 0.0989. The standard InChI is InChI=1S/C13H15N3O/c1-2-8-16-12(17)9-11(15-13(16)14)10-6-4-3-5-7-10/h3-7,9H,2,8H2,1H3,(H2,14,15). The monoisotopic (exact) mass is 229 g/mol. The molecule has 17 heavy (non-hydrogen) atoms. The van der Waals surface area contributed by atoms with Crippen molar-refractivity contribution in [2.75, 3.05) is 5.73 Å². The third-order valence-corrected chi connectivity index (χ3v) is 2.55. The molecular weight excluding hydrogens is 214 g/mol. The Hall–Kier alpha value is -2.10. The summed E-state index contributed by atoms with van der Waals surface area (Å²) in [5.74, 6) is 0.276. The largest absolute Gasteiger partial charge is 0.369 e. The van der Waals surface area contributed by atoms with Crippen molar-refractivity contribution in [2.45, 2.75) is 19.9 Å². The van der Waals surface area contributed by atoms with Crippen molar-refractivity contribution in [3.05, 3.63) is 46.8 Å². The molecule has 4 heteroatoms. The predicted molar refractivity (Wildman–Crippen MR) is 68.6 cm³/mol. The first-order chi connectivity index (χ1) is 8.22. The molecule has 0 spiro atoms. The molecule has 1 heterocycles. The summed E-state index contributed by atoms with van der Waals surface area (Å²) in [6.07, 6.45) is 0.858. The van der Waals surface area contributed by atoms with Crippen LogP contribution in [0, 0.1) is 0 Å². The van der Waals surface area contributed by atoms with E-state index in [2.05, 4.69) is 4.98 Å². The fourth-order valence-electron chi connectivity index (χ4n) is 1.73. The Kier molecular flexibility index (Phi) is 3.23. The molecule has 88 valence electrons. The van der Waals surface area contributed by atoms with Gasteiger partial charge in [-0.3, -0.25) is 9.36 Å². The van der Waals surface area contributed by atoms with E-state index in [4.69, 9.17) is 5.73 Å². The Morgan fingerprint density at radius 3 is 2.59 bits per heavy atom. The summed E-state index contributed by atoms with van der Waals surface area (Å²) in [7, 11) is 0. The molecule has 0 saturated heterocycles. The molecular formula is C13H15N3O. The molecule has 0 radical (unpaired) electrons. The number of rotatable bonds is 3. The average molecular weight is 229 g/mol. The van der Waals surface area contributed by atoms with E-state index in [1.54, 1.807) is 0 Å². The molecule has 0 amide bonds. The molecule has 0 aliphatic rings. The van der Waals surface area contributed by atoms with Crippen LogP contribution in [0.15, 0.2) is 41.2 Å². The minimum atomic E-state index is -0.0989. The molecule has 2 rings (SSSR count). The van der Waals surface area contributed by atoms with Crippen LogP contribution in [0.5, 0.6) is 0 Å². The molecule has 0 atom stereocenters. The highest BCUT2D eigenvalue weighted by Crippen LogP contribution is 2.15. The summed E-state index contributed by atoms with van der Waals surface area (Å²) in [6, 6.07) is 11.1. The van der Waals surface area contributed by atoms with Crippen LogP contribution in [0.3, 0.4) is 0 Å². The zero-order chi connectivity index (χ0) is 12.3. The van der Waals surface area contributed by atoms with Crippen LogP contribution in [0.25, 0.3) is 11.3 Å². The predicted octanol–water partition coefficient (Wildman–Crippen LogP) is 1.90. The lowest BCUT2D eigenvalue weighted by molar-refractivity contribution is 0.653. The molecule has 0 fully saturated rings. The van der Waals surface area contributed by atoms with Gasteiger partial charge >= 0.3 is 0 Å². The van der Waals surface area contributed by atoms with E-state index in [9.17, 15) is 4.79 Å². The van der Waals surface area contributed by atoms with Gasteiger partial charge in [-0.05, 0) is 6.42 Å². The van der Waals surface area contributed by atoms with Gasteiger partial charge in [0.25, 0.3) is 5.56 Å². The number of anilines is 1. The van der Waals surface area contributed by atoms with Gasteiger partial charge in [-0.25, -0.2) is 4.98 Å². The Morgan fingerprint density at radius 1 is 1.29 bits per heavy atom. The van der Waals surface area contributed by atoms with Crippen molar-refractivity contribution >= 4 is 5.95 Å². The molecule has 0 aliphatic heterocycles. The second-order valence-electron chi connectivity index (χ2n) is 3.86. The van der Waals surface area contributed by atoms with Crippen molar-refractivity contribution in [2.24, 2.45) is 0 Å². The highest BCUT2D eigenvalue weighted by atomic mass is 16.1. The lowest BCUT2D eigenvalue weighted by Gasteiger charge is -2.08. The third kappa shape index (κ3) is 2.36. The SMILES string of the molecule is CCCn1c(N)nc(-c2ccccc2)cc1=O. The van der Waals surface area contributed by atoms with Gasteiger partial charge in [0.15, 0.2) is 0 Å². The Morgan fingerprint density at radius 2 is 2.00 bits per heavy atom. The normalized spacial score (nSPS) is 10.4. The number of nitrogen functional groups attached to an aromatic ring is 1. The van der Waals surface area contributed by atoms with Crippen LogP contribution in [0.1, 0.15) is 13.3 Å². The molecule has 2 aromatic rings. The summed E-state index contributed by atoms with van der Waals surface area (Å²) in [5, 5.41) is 0. The maximum absolute atomic E-state index is 11.9. The molecule has 2 N–H and O–H groups in total. The first-order valence-corrected chi connectivity index (χ1v) is 5.65. The number of benzene rings is 1. The van der Waals surface area contributed by atoms with Crippen molar-refractivity contribution in [1.82, 2.24) is 9.55 Å². The van der Waals surface area contributed by atoms with Crippen molar-refractivity contribution in [3.8, 4) is 11.3 Å². The first kappa shape index (κ1) is 11.4. The molecule has 0 bridgehead atoms. The van der Waals surface area contributed by atoms with E-state index in [1.807, 2.05) is 37.3 Å². The van der Waals surface area contributed by atoms with E-state index in [1.165, 1.54) is 10.6 Å². The first-order valence-electron chi connectivity index (χ1n) is 5.65. The molecule has 0 unspecified atom stereocenters. The molecule has 4 nitrogen and oxygen atoms in total. The second-order valence-corrected chi connectivity index (χ2v) is 3.86. The van der Waals surface area contributed by atoms with E-state index in [0.717, 1.165) is 12.0 Å². The van der Waals surface area contributed by atoms with Crippen LogP contribution in [0.4, 0.5) is 5.95 Å². The quantitative estimate of drug-likeness (QED) is 0.874. The lowest BCUT2D eigenvalue weighted by Crippen LogP contribution is -2.23. The number of hydrogen-bond acceptors (Lipinski definition) is 3. The Labute approximate surface area is 99.7 Å². The maximum atomic E-state index is 11.9. The fraction of sp³-hybridized carbons (Fsp3) is 0.231. The highest BCUT2D eigenvalue weighted by molar-refractivity contribution is 5.59. The molecule has 1 aromatic carbocycles. The van der Waals surface area contributed by atoms with E-state index < -0.39 is 0 Å². The Bertz CT molecular complexity index is 561. The van der Waals surface area contributed by atoms with Crippen LogP contribution in [0.2, 0.25) is 0 Å². The second kappa shape index (κ2) is 4.82. The number of hydrogen-bond donors (Lipinski definition) is 1. The lowest BCUT2D eigenvalue weighted by atomic mass is 10.1. The van der Waals surface area contributed by atoms with Gasteiger partial charge in [-0.1, -0.05) is 37.3 Å². The van der Waals surface area contributed by atoms with Gasteiger partial charge < -0.3 is 5.73 Å². The smallest absolute Gasteiger partial charge is 0.255 e. The number of nitrogens with zero attached hydrogens (tertiary/aromatic N) is 2. The van der Waals surface area contributed by atoms with Gasteiger partial charge in [0.2, 0.25) is 5.95 Å². The zero-order valence-electron chi connectivity index (χ0n) is 9.76. The highest BCUT2D eigenvalue weighted by Gasteiger charge is 2.06. The summed E-state index contributed by atoms with van der Waals surface area (Å²) in [6.45, 7) is 2.60. The van der Waals surface area contributed by atoms with Crippen molar-refractivity contribution < 1.29 is 0 Å². The average Bonchev–Trinajstić information content (AvgIpc) is 2.35. The minimum Gasteiger partial charge on any atom is -0.369 e. The van der Waals surface area contributed by atoms with Crippen LogP contribution in [-0.4, -0.2) is 9.55 Å². The number of aromatic nitrogens is 2. The van der Waals surface area contributed by atoms with Gasteiger partial charge in [0.05, 0.1) is 5.69 Å². The van der Waals surface area contributed by atoms with Gasteiger partial charge in [0.1, 0.15) is 0 Å². The third-order valence-electron chi connectivity index (χ3n) is 2.55. The molecule has 0 aliphatic carbocycles. The summed E-state index contributed by atoms with van der Waals surface area (Å²) >= 11 is 0. The molecule has 1 aromatic heterocycles. The van der Waals surface area contributed by atoms with Crippen molar-refractivity contribution in [1.29, 1.82) is 0 Å². The summed E-state index contributed by atoms with van der Waals surface area (Å²) in [5.41, 5.74) is 7.23. The number of nitrogens with two attached hydrogens (primary N) is 1. The topological polar surface area (TPSA) is 60.9 Å². The van der Waals surface area contributed by atoms with Gasteiger partial charge in [-0.15, -0.1) is 0 Å². The van der Waals surface area contributed by atoms with Crippen LogP contribution >= 0.6 is 0 Å². The fourth-order valence-corrected chi connectivity index (χ4v) is 1.73. The van der Waals surface area contributed by atoms with E-state index in [-0.39, 0.29) is 11.5 Å².